The first-order chi connectivity index (χ1) is 11.5. The smallest absolute Gasteiger partial charge is 2.00 e. The average Bonchev–Trinajstić information content (AvgIpc) is 3.18. The summed E-state index contributed by atoms with van der Waals surface area (Å²) in [6.45, 7) is 0.988. The number of carbonyl (C=O) groups is 2. The molecule has 1 amide bonds. The van der Waals surface area contributed by atoms with Crippen LogP contribution in [-0.2, 0) is 29.8 Å². The van der Waals surface area contributed by atoms with Crippen molar-refractivity contribution in [2.75, 3.05) is 0 Å². The SMILES string of the molecule is [Li][C](=O)C(c1ncn2c1CCC2)N1Cc2c(F)cc(I)cc2C1=O.[O-2]. The van der Waals surface area contributed by atoms with Gasteiger partial charge in [0.15, 0.2) is 0 Å². The number of aromatic nitrogens is 2. The van der Waals surface area contributed by atoms with Crippen molar-refractivity contribution in [3.63, 3.8) is 0 Å². The summed E-state index contributed by atoms with van der Waals surface area (Å²) in [5, 5.41) is 0. The Balaban J connectivity index is 0.00000182. The van der Waals surface area contributed by atoms with Crippen molar-refractivity contribution in [1.29, 1.82) is 0 Å². The molecule has 3 heterocycles. The molecule has 1 aromatic carbocycles. The Morgan fingerprint density at radius 1 is 1.40 bits per heavy atom. The van der Waals surface area contributed by atoms with Crippen LogP contribution in [0.2, 0.25) is 0 Å². The standard InChI is InChI=1S/C16H12FIN3O2.Li.O/c17-12-5-9(18)4-10-11(12)6-21(16(10)23)14(7-22)15-13-2-1-3-20(13)8-19-15;;/h4-5,8,14H,1-3,6H2;;/q;;-2. The van der Waals surface area contributed by atoms with Crippen LogP contribution in [0.4, 0.5) is 4.39 Å². The number of nitrogens with zero attached hydrogens (tertiary/aromatic N) is 3. The number of halogens is 2. The van der Waals surface area contributed by atoms with Crippen LogP contribution in [0.3, 0.4) is 0 Å². The fourth-order valence-corrected chi connectivity index (χ4v) is 4.24. The molecule has 1 unspecified atom stereocenters. The molecule has 0 bridgehead atoms. The zero-order valence-corrected chi connectivity index (χ0v) is 15.6. The van der Waals surface area contributed by atoms with E-state index in [1.807, 2.05) is 27.2 Å². The fraction of sp³-hybridized carbons (Fsp3) is 0.312. The molecular weight excluding hydrogens is 435 g/mol. The first-order valence-corrected chi connectivity index (χ1v) is 8.88. The van der Waals surface area contributed by atoms with Gasteiger partial charge in [-0.3, -0.25) is 0 Å². The van der Waals surface area contributed by atoms with E-state index in [0.29, 0.717) is 20.4 Å². The van der Waals surface area contributed by atoms with E-state index in [9.17, 15) is 14.0 Å². The summed E-state index contributed by atoms with van der Waals surface area (Å²) >= 11 is 3.45. The van der Waals surface area contributed by atoms with E-state index in [0.717, 1.165) is 25.1 Å². The van der Waals surface area contributed by atoms with E-state index < -0.39 is 11.9 Å². The van der Waals surface area contributed by atoms with Gasteiger partial charge in [-0.15, -0.1) is 0 Å². The van der Waals surface area contributed by atoms with Crippen molar-refractivity contribution < 1.29 is 19.5 Å². The third-order valence-electron chi connectivity index (χ3n) is 4.73. The predicted octanol–water partition coefficient (Wildman–Crippen LogP) is 1.85. The zero-order chi connectivity index (χ0) is 17.0. The number of imidazole rings is 1. The van der Waals surface area contributed by atoms with Gasteiger partial charge in [-0.05, 0) is 0 Å². The van der Waals surface area contributed by atoms with Crippen LogP contribution < -0.4 is 0 Å². The number of carbonyl (C=O) groups excluding carboxylic acids is 2. The van der Waals surface area contributed by atoms with Crippen molar-refractivity contribution in [1.82, 2.24) is 14.5 Å². The molecule has 0 spiro atoms. The first kappa shape index (κ1) is 18.6. The average molecular weight is 447 g/mol. The summed E-state index contributed by atoms with van der Waals surface area (Å²) in [7, 11) is 0. The van der Waals surface area contributed by atoms with Crippen molar-refractivity contribution in [3.05, 3.63) is 50.4 Å². The fourth-order valence-electron chi connectivity index (χ4n) is 3.65. The van der Waals surface area contributed by atoms with Crippen LogP contribution in [0, 0.1) is 9.39 Å². The Kier molecular flexibility index (Phi) is 5.08. The summed E-state index contributed by atoms with van der Waals surface area (Å²) in [6, 6.07) is 2.33. The molecule has 2 aliphatic heterocycles. The summed E-state index contributed by atoms with van der Waals surface area (Å²) < 4.78 is 16.8. The number of rotatable bonds is 3. The predicted molar refractivity (Wildman–Crippen MR) is 93.7 cm³/mol. The van der Waals surface area contributed by atoms with Gasteiger partial charge in [0.05, 0.1) is 0 Å². The van der Waals surface area contributed by atoms with Crippen LogP contribution in [0.1, 0.15) is 39.8 Å². The van der Waals surface area contributed by atoms with Crippen molar-refractivity contribution in [2.45, 2.75) is 32.0 Å². The molecule has 0 saturated heterocycles. The van der Waals surface area contributed by atoms with E-state index >= 15 is 0 Å². The zero-order valence-electron chi connectivity index (χ0n) is 13.5. The number of benzene rings is 1. The Bertz CT molecular complexity index is 886. The topological polar surface area (TPSA) is 83.7 Å². The molecule has 2 aliphatic rings. The largest absolute Gasteiger partial charge is 2.00 e. The van der Waals surface area contributed by atoms with E-state index in [-0.39, 0.29) is 22.4 Å². The van der Waals surface area contributed by atoms with Gasteiger partial charge < -0.3 is 5.48 Å². The van der Waals surface area contributed by atoms with Crippen LogP contribution >= 0.6 is 22.6 Å². The molecule has 1 atom stereocenters. The van der Waals surface area contributed by atoms with Gasteiger partial charge in [-0.25, -0.2) is 0 Å². The number of hydrogen-bond acceptors (Lipinski definition) is 3. The Hall–Kier alpha value is -1.21. The third kappa shape index (κ3) is 2.95. The van der Waals surface area contributed by atoms with Crippen LogP contribution in [0.25, 0.3) is 0 Å². The monoisotopic (exact) mass is 447 g/mol. The third-order valence-corrected chi connectivity index (χ3v) is 5.35. The second kappa shape index (κ2) is 6.83. The van der Waals surface area contributed by atoms with Crippen LogP contribution in [0.15, 0.2) is 18.5 Å². The van der Waals surface area contributed by atoms with Gasteiger partial charge in [0.2, 0.25) is 0 Å². The normalized spacial score (nSPS) is 16.5. The van der Waals surface area contributed by atoms with Gasteiger partial charge in [0.25, 0.3) is 0 Å². The van der Waals surface area contributed by atoms with E-state index in [1.165, 1.54) is 28.7 Å². The minimum Gasteiger partial charge on any atom is -2.00 e. The summed E-state index contributed by atoms with van der Waals surface area (Å²) in [5.74, 6) is -0.701. The van der Waals surface area contributed by atoms with Crippen molar-refractivity contribution in [2.24, 2.45) is 0 Å². The molecule has 6 nitrogen and oxygen atoms in total. The number of fused-ring (bicyclic) bond motifs is 2. The van der Waals surface area contributed by atoms with Crippen molar-refractivity contribution in [3.8, 4) is 0 Å². The van der Waals surface area contributed by atoms with E-state index in [2.05, 4.69) is 4.98 Å². The van der Waals surface area contributed by atoms with Gasteiger partial charge >= 0.3 is 161 Å². The molecule has 1 aromatic heterocycles. The molecule has 0 aliphatic carbocycles. The van der Waals surface area contributed by atoms with Crippen LogP contribution in [-0.4, -0.2) is 42.5 Å². The van der Waals surface area contributed by atoms with Gasteiger partial charge in [0.1, 0.15) is 0 Å². The molecule has 0 radical (unpaired) electrons. The second-order valence-electron chi connectivity index (χ2n) is 6.23. The molecular formula is C16H12FILiN3O3-2. The number of aryl methyl sites for hydroxylation is 1. The Labute approximate surface area is 166 Å². The van der Waals surface area contributed by atoms with Gasteiger partial charge in [-0.2, -0.15) is 0 Å². The molecule has 0 fully saturated rings. The molecule has 0 N–H and O–H groups in total. The summed E-state index contributed by atoms with van der Waals surface area (Å²) in [4.78, 5) is 31.0. The maximum absolute atomic E-state index is 14.2. The number of amides is 1. The summed E-state index contributed by atoms with van der Waals surface area (Å²) in [6.07, 6.45) is 3.58. The molecule has 2 aromatic rings. The number of hydrogen-bond donors (Lipinski definition) is 0. The van der Waals surface area contributed by atoms with E-state index in [1.54, 1.807) is 12.4 Å². The molecule has 9 heteroatoms. The minimum atomic E-state index is -0.753. The van der Waals surface area contributed by atoms with E-state index in [4.69, 9.17) is 0 Å². The molecule has 126 valence electrons. The molecule has 4 rings (SSSR count). The van der Waals surface area contributed by atoms with Crippen molar-refractivity contribution >= 4 is 50.7 Å². The second-order valence-corrected chi connectivity index (χ2v) is 7.48. The maximum atomic E-state index is 14.2. The van der Waals surface area contributed by atoms with Gasteiger partial charge in [-0.1, -0.05) is 0 Å². The molecule has 0 saturated carbocycles. The summed E-state index contributed by atoms with van der Waals surface area (Å²) in [5.41, 5.74) is 2.36. The quantitative estimate of drug-likeness (QED) is 0.532. The molecule has 25 heavy (non-hydrogen) atoms. The Morgan fingerprint density at radius 2 is 2.16 bits per heavy atom. The maximum Gasteiger partial charge on any atom is -2.00 e. The van der Waals surface area contributed by atoms with Crippen LogP contribution in [0.5, 0.6) is 0 Å². The Morgan fingerprint density at radius 3 is 2.88 bits per heavy atom. The first-order valence-electron chi connectivity index (χ1n) is 7.80. The minimum absolute atomic E-state index is 0. The van der Waals surface area contributed by atoms with Gasteiger partial charge in [0, 0.05) is 0 Å².